The Bertz CT molecular complexity index is 319. The van der Waals surface area contributed by atoms with Crippen molar-refractivity contribution < 1.29 is 24.2 Å². The summed E-state index contributed by atoms with van der Waals surface area (Å²) in [6.07, 6.45) is 0.705. The molecule has 104 valence electrons. The molecule has 0 aromatic rings. The third-order valence-corrected chi connectivity index (χ3v) is 2.67. The van der Waals surface area contributed by atoms with Gasteiger partial charge in [-0.05, 0) is 13.3 Å². The van der Waals surface area contributed by atoms with Crippen LogP contribution in [0.15, 0.2) is 0 Å². The monoisotopic (exact) mass is 260 g/mol. The molecule has 0 spiro atoms. The first-order chi connectivity index (χ1) is 8.31. The maximum absolute atomic E-state index is 11.8. The third-order valence-electron chi connectivity index (χ3n) is 2.67. The molecule has 0 aliphatic heterocycles. The number of carbonyl (C=O) groups excluding carboxylic acids is 2. The van der Waals surface area contributed by atoms with Crippen molar-refractivity contribution in [3.8, 4) is 0 Å². The largest absolute Gasteiger partial charge is 0.480 e. The minimum Gasteiger partial charge on any atom is -0.480 e. The molecule has 0 rings (SSSR count). The molecular formula is C11H20N2O5. The normalized spacial score (nSPS) is 11.6. The number of hydrogen-bond acceptors (Lipinski definition) is 4. The zero-order valence-electron chi connectivity index (χ0n) is 11.2. The van der Waals surface area contributed by atoms with Crippen molar-refractivity contribution in [3.05, 3.63) is 0 Å². The number of nitrogens with zero attached hydrogens (tertiary/aromatic N) is 2. The highest BCUT2D eigenvalue weighted by molar-refractivity contribution is 5.82. The molecule has 0 saturated carbocycles. The molecule has 0 bridgehead atoms. The minimum absolute atomic E-state index is 0.228. The number of rotatable bonds is 6. The first-order valence-electron chi connectivity index (χ1n) is 5.58. The standard InChI is InChI=1S/C11H20N2O5/c1-8(10(15)16)13(3)11(17)12(2)7-5-6-9(14)18-4/h8H,5-7H2,1-4H3,(H,15,16). The van der Waals surface area contributed by atoms with Crippen LogP contribution in [0, 0.1) is 0 Å². The Morgan fingerprint density at radius 3 is 2.28 bits per heavy atom. The topological polar surface area (TPSA) is 87.2 Å². The smallest absolute Gasteiger partial charge is 0.326 e. The molecular weight excluding hydrogens is 240 g/mol. The molecule has 0 aromatic carbocycles. The molecule has 0 saturated heterocycles. The second-order valence-electron chi connectivity index (χ2n) is 4.01. The fourth-order valence-electron chi connectivity index (χ4n) is 1.26. The van der Waals surface area contributed by atoms with E-state index in [0.29, 0.717) is 13.0 Å². The predicted molar refractivity (Wildman–Crippen MR) is 64.1 cm³/mol. The van der Waals surface area contributed by atoms with Crippen molar-refractivity contribution in [1.29, 1.82) is 0 Å². The lowest BCUT2D eigenvalue weighted by molar-refractivity contribution is -0.141. The molecule has 0 aliphatic rings. The van der Waals surface area contributed by atoms with Gasteiger partial charge in [-0.15, -0.1) is 0 Å². The Labute approximate surface area is 106 Å². The second kappa shape index (κ2) is 7.52. The van der Waals surface area contributed by atoms with Crippen LogP contribution in [0.2, 0.25) is 0 Å². The third kappa shape index (κ3) is 5.03. The van der Waals surface area contributed by atoms with E-state index in [2.05, 4.69) is 4.74 Å². The first kappa shape index (κ1) is 16.2. The Hall–Kier alpha value is -1.79. The molecule has 0 heterocycles. The number of ether oxygens (including phenoxy) is 1. The van der Waals surface area contributed by atoms with Crippen LogP contribution in [-0.2, 0) is 14.3 Å². The van der Waals surface area contributed by atoms with Crippen LogP contribution < -0.4 is 0 Å². The van der Waals surface area contributed by atoms with Gasteiger partial charge in [0, 0.05) is 27.1 Å². The van der Waals surface area contributed by atoms with Crippen LogP contribution in [0.1, 0.15) is 19.8 Å². The molecule has 7 heteroatoms. The van der Waals surface area contributed by atoms with E-state index in [0.717, 1.165) is 4.90 Å². The Balaban J connectivity index is 4.17. The molecule has 1 atom stereocenters. The summed E-state index contributed by atoms with van der Waals surface area (Å²) < 4.78 is 4.48. The lowest BCUT2D eigenvalue weighted by Crippen LogP contribution is -2.46. The zero-order valence-corrected chi connectivity index (χ0v) is 11.2. The van der Waals surface area contributed by atoms with Crippen molar-refractivity contribution in [2.75, 3.05) is 27.7 Å². The molecule has 18 heavy (non-hydrogen) atoms. The van der Waals surface area contributed by atoms with Crippen molar-refractivity contribution in [3.63, 3.8) is 0 Å². The zero-order chi connectivity index (χ0) is 14.3. The summed E-state index contributed by atoms with van der Waals surface area (Å²) in [6, 6.07) is -1.28. The maximum atomic E-state index is 11.8. The highest BCUT2D eigenvalue weighted by Gasteiger charge is 2.23. The van der Waals surface area contributed by atoms with Gasteiger partial charge in [-0.25, -0.2) is 9.59 Å². The van der Waals surface area contributed by atoms with Crippen LogP contribution in [0.4, 0.5) is 4.79 Å². The van der Waals surface area contributed by atoms with E-state index in [9.17, 15) is 14.4 Å². The maximum Gasteiger partial charge on any atom is 0.326 e. The van der Waals surface area contributed by atoms with E-state index < -0.39 is 18.0 Å². The lowest BCUT2D eigenvalue weighted by Gasteiger charge is -2.27. The van der Waals surface area contributed by atoms with Gasteiger partial charge in [0.15, 0.2) is 0 Å². The van der Waals surface area contributed by atoms with Gasteiger partial charge in [0.2, 0.25) is 0 Å². The molecule has 7 nitrogen and oxygen atoms in total. The van der Waals surface area contributed by atoms with Crippen molar-refractivity contribution in [2.45, 2.75) is 25.8 Å². The van der Waals surface area contributed by atoms with Gasteiger partial charge >= 0.3 is 18.0 Å². The second-order valence-corrected chi connectivity index (χ2v) is 4.01. The summed E-state index contributed by atoms with van der Waals surface area (Å²) in [6.45, 7) is 1.80. The van der Waals surface area contributed by atoms with E-state index in [4.69, 9.17) is 5.11 Å². The fourth-order valence-corrected chi connectivity index (χ4v) is 1.26. The molecule has 1 N–H and O–H groups in total. The molecule has 1 unspecified atom stereocenters. The van der Waals surface area contributed by atoms with Gasteiger partial charge in [-0.1, -0.05) is 0 Å². The van der Waals surface area contributed by atoms with E-state index in [-0.39, 0.29) is 12.4 Å². The number of amides is 2. The van der Waals surface area contributed by atoms with Crippen LogP contribution in [0.25, 0.3) is 0 Å². The van der Waals surface area contributed by atoms with E-state index >= 15 is 0 Å². The molecule has 0 fully saturated rings. The van der Waals surface area contributed by atoms with Crippen molar-refractivity contribution in [2.24, 2.45) is 0 Å². The summed E-state index contributed by atoms with van der Waals surface area (Å²) in [5.41, 5.74) is 0. The average Bonchev–Trinajstić information content (AvgIpc) is 2.35. The number of carboxylic acid groups (broad SMARTS) is 1. The summed E-state index contributed by atoms with van der Waals surface area (Å²) in [4.78, 5) is 35.9. The first-order valence-corrected chi connectivity index (χ1v) is 5.58. The SMILES string of the molecule is COC(=O)CCCN(C)C(=O)N(C)C(C)C(=O)O. The van der Waals surface area contributed by atoms with Crippen LogP contribution in [-0.4, -0.2) is 66.7 Å². The van der Waals surface area contributed by atoms with Crippen molar-refractivity contribution in [1.82, 2.24) is 9.80 Å². The van der Waals surface area contributed by atoms with Gasteiger partial charge in [-0.3, -0.25) is 4.79 Å². The number of methoxy groups -OCH3 is 1. The summed E-state index contributed by atoms with van der Waals surface area (Å²) in [5, 5.41) is 8.79. The Morgan fingerprint density at radius 1 is 1.28 bits per heavy atom. The average molecular weight is 260 g/mol. The van der Waals surface area contributed by atoms with E-state index in [1.807, 2.05) is 0 Å². The number of aliphatic carboxylic acids is 1. The van der Waals surface area contributed by atoms with Crippen LogP contribution >= 0.6 is 0 Å². The molecule has 0 aliphatic carbocycles. The Kier molecular flexibility index (Phi) is 6.77. The Morgan fingerprint density at radius 2 is 1.83 bits per heavy atom. The molecule has 0 aromatic heterocycles. The van der Waals surface area contributed by atoms with Gasteiger partial charge in [0.25, 0.3) is 0 Å². The van der Waals surface area contributed by atoms with Gasteiger partial charge in [0.05, 0.1) is 7.11 Å². The quantitative estimate of drug-likeness (QED) is 0.698. The number of carbonyl (C=O) groups is 3. The number of likely N-dealkylation sites (N-methyl/N-ethyl adjacent to an activating group) is 1. The van der Waals surface area contributed by atoms with E-state index in [1.165, 1.54) is 26.0 Å². The van der Waals surface area contributed by atoms with Crippen molar-refractivity contribution >= 4 is 18.0 Å². The lowest BCUT2D eigenvalue weighted by atomic mass is 10.3. The van der Waals surface area contributed by atoms with Crippen LogP contribution in [0.5, 0.6) is 0 Å². The number of urea groups is 1. The number of carboxylic acids is 1. The summed E-state index contributed by atoms with van der Waals surface area (Å²) in [5.74, 6) is -1.39. The van der Waals surface area contributed by atoms with Crippen LogP contribution in [0.3, 0.4) is 0 Å². The molecule has 2 amide bonds. The highest BCUT2D eigenvalue weighted by atomic mass is 16.5. The highest BCUT2D eigenvalue weighted by Crippen LogP contribution is 2.03. The number of esters is 1. The van der Waals surface area contributed by atoms with Gasteiger partial charge in [0.1, 0.15) is 6.04 Å². The summed E-state index contributed by atoms with van der Waals surface area (Å²) in [7, 11) is 4.29. The van der Waals surface area contributed by atoms with E-state index in [1.54, 1.807) is 7.05 Å². The summed E-state index contributed by atoms with van der Waals surface area (Å²) >= 11 is 0. The minimum atomic E-state index is -1.06. The molecule has 0 radical (unpaired) electrons. The van der Waals surface area contributed by atoms with Gasteiger partial charge < -0.3 is 19.6 Å². The van der Waals surface area contributed by atoms with Gasteiger partial charge in [-0.2, -0.15) is 0 Å². The fraction of sp³-hybridized carbons (Fsp3) is 0.727. The predicted octanol–water partition coefficient (Wildman–Crippen LogP) is 0.396. The number of hydrogen-bond donors (Lipinski definition) is 1.